The average molecular weight is 583 g/mol. The number of carbonyl (C=O) groups is 2. The molecule has 9 nitrogen and oxygen atoms in total. The van der Waals surface area contributed by atoms with Gasteiger partial charge in [-0.05, 0) is 57.6 Å². The molecule has 1 aliphatic carbocycles. The number of hydrogen-bond acceptors (Lipinski definition) is 7. The summed E-state index contributed by atoms with van der Waals surface area (Å²) in [5, 5.41) is 3.72. The second-order valence-electron chi connectivity index (χ2n) is 12.9. The molecule has 2 unspecified atom stereocenters. The summed E-state index contributed by atoms with van der Waals surface area (Å²) in [6, 6.07) is 1.25. The third kappa shape index (κ3) is 6.40. The second kappa shape index (κ2) is 11.4. The average Bonchev–Trinajstić information content (AvgIpc) is 3.45. The lowest BCUT2D eigenvalue weighted by Crippen LogP contribution is -2.52. The number of fused-ring (bicyclic) bond motifs is 2. The Hall–Kier alpha value is -2.28. The zero-order valence-corrected chi connectivity index (χ0v) is 24.3. The molecule has 3 fully saturated rings. The number of pyridine rings is 1. The summed E-state index contributed by atoms with van der Waals surface area (Å²) in [6.45, 7) is 7.90. The molecule has 12 heteroatoms. The number of alkyl halides is 3. The van der Waals surface area contributed by atoms with Crippen LogP contribution in [0.1, 0.15) is 56.9 Å². The molecule has 0 spiro atoms. The van der Waals surface area contributed by atoms with Gasteiger partial charge in [0, 0.05) is 70.3 Å². The van der Waals surface area contributed by atoms with E-state index in [4.69, 9.17) is 14.2 Å². The van der Waals surface area contributed by atoms with Crippen molar-refractivity contribution in [3.63, 3.8) is 0 Å². The molecule has 41 heavy (non-hydrogen) atoms. The first-order valence-electron chi connectivity index (χ1n) is 14.4. The molecule has 4 aliphatic rings. The Morgan fingerprint density at radius 1 is 1.24 bits per heavy atom. The summed E-state index contributed by atoms with van der Waals surface area (Å²) in [6.07, 6.45) is -1.28. The smallest absolute Gasteiger partial charge is 0.379 e. The maximum atomic E-state index is 14.4. The Bertz CT molecular complexity index is 1140. The van der Waals surface area contributed by atoms with Crippen molar-refractivity contribution in [3.8, 4) is 0 Å². The number of rotatable bonds is 6. The van der Waals surface area contributed by atoms with Gasteiger partial charge in [-0.1, -0.05) is 0 Å². The molecule has 0 aromatic carbocycles. The monoisotopic (exact) mass is 582 g/mol. The molecule has 3 aliphatic heterocycles. The zero-order valence-electron chi connectivity index (χ0n) is 24.3. The van der Waals surface area contributed by atoms with E-state index >= 15 is 0 Å². The standard InChI is InChI=1S/C29H41F3N4O5/c1-27(2,3)41-16-25(37)36-14-20-10-21(34-23-6-8-40-15-24(23)39-4)11-28(20,17-36)26(38)35-7-5-22-18(13-35)9-19(12-33-22)29(30,31)32/h9,12,20-21,23-24,34H,5-8,10-11,13-17H2,1-4H3/t20-,21+,23?,24?,28-/m0/s1. The minimum Gasteiger partial charge on any atom is -0.379 e. The van der Waals surface area contributed by atoms with Gasteiger partial charge in [0.1, 0.15) is 6.61 Å². The van der Waals surface area contributed by atoms with Crippen LogP contribution in [-0.4, -0.2) is 97.0 Å². The van der Waals surface area contributed by atoms with Crippen LogP contribution in [0.15, 0.2) is 12.3 Å². The van der Waals surface area contributed by atoms with E-state index in [1.807, 2.05) is 20.8 Å². The number of nitrogens with one attached hydrogen (secondary N) is 1. The molecule has 0 radical (unpaired) electrons. The van der Waals surface area contributed by atoms with E-state index < -0.39 is 22.8 Å². The van der Waals surface area contributed by atoms with Crippen LogP contribution in [0.5, 0.6) is 0 Å². The molecule has 2 saturated heterocycles. The fourth-order valence-corrected chi connectivity index (χ4v) is 6.90. The third-order valence-electron chi connectivity index (χ3n) is 8.99. The summed E-state index contributed by atoms with van der Waals surface area (Å²) >= 11 is 0. The molecule has 1 saturated carbocycles. The Morgan fingerprint density at radius 2 is 2.02 bits per heavy atom. The SMILES string of the molecule is COC1COCCC1N[C@@H]1C[C@H]2CN(C(=O)COC(C)(C)C)C[C@@]2(C(=O)N2CCc3ncc(C(F)(F)F)cc3C2)C1. The Morgan fingerprint density at radius 3 is 2.73 bits per heavy atom. The summed E-state index contributed by atoms with van der Waals surface area (Å²) < 4.78 is 57.1. The highest BCUT2D eigenvalue weighted by atomic mass is 19.4. The van der Waals surface area contributed by atoms with Crippen molar-refractivity contribution < 1.29 is 37.0 Å². The van der Waals surface area contributed by atoms with Gasteiger partial charge in [-0.3, -0.25) is 14.6 Å². The quantitative estimate of drug-likeness (QED) is 0.552. The maximum Gasteiger partial charge on any atom is 0.417 e. The molecule has 5 rings (SSSR count). The van der Waals surface area contributed by atoms with E-state index in [0.29, 0.717) is 56.8 Å². The lowest BCUT2D eigenvalue weighted by Gasteiger charge is -2.38. The fourth-order valence-electron chi connectivity index (χ4n) is 6.90. The van der Waals surface area contributed by atoms with Gasteiger partial charge < -0.3 is 29.3 Å². The molecule has 0 bridgehead atoms. The van der Waals surface area contributed by atoms with E-state index in [1.165, 1.54) is 0 Å². The Balaban J connectivity index is 1.36. The maximum absolute atomic E-state index is 14.4. The first kappa shape index (κ1) is 30.2. The molecule has 1 N–H and O–H groups in total. The van der Waals surface area contributed by atoms with Crippen molar-refractivity contribution in [2.75, 3.05) is 46.6 Å². The first-order valence-corrected chi connectivity index (χ1v) is 14.4. The van der Waals surface area contributed by atoms with Crippen LogP contribution in [0, 0.1) is 11.3 Å². The predicted molar refractivity (Wildman–Crippen MR) is 143 cm³/mol. The number of halogens is 3. The number of ether oxygens (including phenoxy) is 3. The number of amides is 2. The molecular formula is C29H41F3N4O5. The highest BCUT2D eigenvalue weighted by molar-refractivity contribution is 5.87. The lowest BCUT2D eigenvalue weighted by atomic mass is 9.78. The van der Waals surface area contributed by atoms with Crippen LogP contribution < -0.4 is 5.32 Å². The topological polar surface area (TPSA) is 93.2 Å². The number of hydrogen-bond donors (Lipinski definition) is 1. The van der Waals surface area contributed by atoms with E-state index in [2.05, 4.69) is 10.3 Å². The van der Waals surface area contributed by atoms with Gasteiger partial charge in [0.15, 0.2) is 0 Å². The minimum absolute atomic E-state index is 0.0448. The summed E-state index contributed by atoms with van der Waals surface area (Å²) in [5.74, 6) is -0.331. The van der Waals surface area contributed by atoms with Gasteiger partial charge >= 0.3 is 6.18 Å². The predicted octanol–water partition coefficient (Wildman–Crippen LogP) is 2.80. The van der Waals surface area contributed by atoms with Crippen LogP contribution in [0.25, 0.3) is 0 Å². The number of carbonyl (C=O) groups excluding carboxylic acids is 2. The second-order valence-corrected chi connectivity index (χ2v) is 12.9. The van der Waals surface area contributed by atoms with Gasteiger partial charge in [-0.15, -0.1) is 0 Å². The van der Waals surface area contributed by atoms with Crippen LogP contribution >= 0.6 is 0 Å². The van der Waals surface area contributed by atoms with Crippen molar-refractivity contribution in [1.29, 1.82) is 0 Å². The van der Waals surface area contributed by atoms with Crippen molar-refractivity contribution in [1.82, 2.24) is 20.1 Å². The largest absolute Gasteiger partial charge is 0.417 e. The van der Waals surface area contributed by atoms with Gasteiger partial charge in [-0.25, -0.2) is 0 Å². The van der Waals surface area contributed by atoms with Gasteiger partial charge in [0.2, 0.25) is 11.8 Å². The van der Waals surface area contributed by atoms with E-state index in [0.717, 1.165) is 18.7 Å². The van der Waals surface area contributed by atoms with Crippen molar-refractivity contribution >= 4 is 11.8 Å². The first-order chi connectivity index (χ1) is 19.3. The van der Waals surface area contributed by atoms with E-state index in [-0.39, 0.29) is 55.6 Å². The van der Waals surface area contributed by atoms with Gasteiger partial charge in [0.05, 0.1) is 29.3 Å². The number of aromatic nitrogens is 1. The number of methoxy groups -OCH3 is 1. The molecule has 228 valence electrons. The summed E-state index contributed by atoms with van der Waals surface area (Å²) in [7, 11) is 1.67. The van der Waals surface area contributed by atoms with E-state index in [1.54, 1.807) is 16.9 Å². The highest BCUT2D eigenvalue weighted by Gasteiger charge is 2.59. The minimum atomic E-state index is -4.51. The molecule has 4 heterocycles. The Labute approximate surface area is 239 Å². The van der Waals surface area contributed by atoms with Crippen LogP contribution in [-0.2, 0) is 42.9 Å². The fraction of sp³-hybridized carbons (Fsp3) is 0.759. The van der Waals surface area contributed by atoms with E-state index in [9.17, 15) is 22.8 Å². The van der Waals surface area contributed by atoms with Gasteiger partial charge in [-0.2, -0.15) is 13.2 Å². The van der Waals surface area contributed by atoms with Crippen LogP contribution in [0.3, 0.4) is 0 Å². The van der Waals surface area contributed by atoms with Gasteiger partial charge in [0.25, 0.3) is 0 Å². The molecule has 5 atom stereocenters. The summed E-state index contributed by atoms with van der Waals surface area (Å²) in [5.41, 5.74) is -1.09. The zero-order chi connectivity index (χ0) is 29.6. The van der Waals surface area contributed by atoms with Crippen molar-refractivity contribution in [2.45, 2.75) is 83.0 Å². The number of likely N-dealkylation sites (tertiary alicyclic amines) is 1. The number of nitrogens with zero attached hydrogens (tertiary/aromatic N) is 3. The molecular weight excluding hydrogens is 541 g/mol. The molecule has 1 aromatic rings. The van der Waals surface area contributed by atoms with Crippen molar-refractivity contribution in [2.24, 2.45) is 11.3 Å². The molecule has 1 aromatic heterocycles. The highest BCUT2D eigenvalue weighted by Crippen LogP contribution is 2.51. The van der Waals surface area contributed by atoms with Crippen molar-refractivity contribution in [3.05, 3.63) is 29.1 Å². The molecule has 2 amide bonds. The third-order valence-corrected chi connectivity index (χ3v) is 8.99. The van der Waals surface area contributed by atoms with Crippen LogP contribution in [0.4, 0.5) is 13.2 Å². The normalized spacial score (nSPS) is 30.3. The lowest BCUT2D eigenvalue weighted by molar-refractivity contribution is -0.145. The summed E-state index contributed by atoms with van der Waals surface area (Å²) in [4.78, 5) is 35.0. The van der Waals surface area contributed by atoms with Crippen LogP contribution in [0.2, 0.25) is 0 Å². The Kier molecular flexibility index (Phi) is 8.41.